The van der Waals surface area contributed by atoms with Gasteiger partial charge in [0.25, 0.3) is 0 Å². The van der Waals surface area contributed by atoms with E-state index in [0.29, 0.717) is 6.54 Å². The number of rotatable bonds is 2. The highest BCUT2D eigenvalue weighted by Crippen LogP contribution is 2.43. The quantitative estimate of drug-likeness (QED) is 0.744. The van der Waals surface area contributed by atoms with Crippen molar-refractivity contribution in [2.75, 3.05) is 20.1 Å². The lowest BCUT2D eigenvalue weighted by atomic mass is 10.1. The molecule has 0 amide bonds. The van der Waals surface area contributed by atoms with Crippen molar-refractivity contribution >= 4 is 22.9 Å². The van der Waals surface area contributed by atoms with E-state index in [9.17, 15) is 13.2 Å². The Morgan fingerprint density at radius 2 is 2.09 bits per heavy atom. The second-order valence-electron chi connectivity index (χ2n) is 5.53. The number of thiophene rings is 1. The van der Waals surface area contributed by atoms with Gasteiger partial charge in [-0.2, -0.15) is 13.2 Å². The fraction of sp³-hybridized carbons (Fsp3) is 0.375. The normalized spacial score (nSPS) is 19.3. The van der Waals surface area contributed by atoms with Crippen LogP contribution in [0.5, 0.6) is 5.75 Å². The first-order chi connectivity index (χ1) is 10.9. The first-order valence-electron chi connectivity index (χ1n) is 7.13. The van der Waals surface area contributed by atoms with Gasteiger partial charge < -0.3 is 9.64 Å². The lowest BCUT2D eigenvalue weighted by molar-refractivity contribution is -0.139. The van der Waals surface area contributed by atoms with Gasteiger partial charge in [-0.3, -0.25) is 0 Å². The number of hydrogen-bond acceptors (Lipinski definition) is 3. The van der Waals surface area contributed by atoms with Gasteiger partial charge >= 0.3 is 6.18 Å². The van der Waals surface area contributed by atoms with Gasteiger partial charge in [0.05, 0.1) is 5.02 Å². The molecular formula is C16H15ClF3NOS. The Kier molecular flexibility index (Phi) is 4.58. The molecule has 2 nitrogen and oxygen atoms in total. The van der Waals surface area contributed by atoms with Crippen molar-refractivity contribution in [3.05, 3.63) is 50.7 Å². The largest absolute Gasteiger partial charge is 0.484 e. The van der Waals surface area contributed by atoms with E-state index in [1.165, 1.54) is 18.2 Å². The van der Waals surface area contributed by atoms with Crippen molar-refractivity contribution in [2.45, 2.75) is 18.7 Å². The minimum atomic E-state index is -4.55. The van der Waals surface area contributed by atoms with Gasteiger partial charge in [0, 0.05) is 23.5 Å². The molecule has 0 aliphatic carbocycles. The van der Waals surface area contributed by atoms with E-state index >= 15 is 0 Å². The molecular weight excluding hydrogens is 347 g/mol. The Bertz CT molecular complexity index is 701. The molecule has 124 valence electrons. The van der Waals surface area contributed by atoms with Crippen molar-refractivity contribution in [3.63, 3.8) is 0 Å². The molecule has 7 heteroatoms. The highest BCUT2D eigenvalue weighted by atomic mass is 35.5. The van der Waals surface area contributed by atoms with Crippen LogP contribution in [-0.2, 0) is 12.6 Å². The van der Waals surface area contributed by atoms with E-state index in [4.69, 9.17) is 16.3 Å². The summed E-state index contributed by atoms with van der Waals surface area (Å²) in [6.45, 7) is 1.39. The minimum Gasteiger partial charge on any atom is -0.484 e. The van der Waals surface area contributed by atoms with E-state index < -0.39 is 17.8 Å². The molecule has 0 spiro atoms. The molecule has 1 aliphatic heterocycles. The number of halogens is 4. The first kappa shape index (κ1) is 16.6. The zero-order valence-corrected chi connectivity index (χ0v) is 13.9. The van der Waals surface area contributed by atoms with E-state index in [-0.39, 0.29) is 10.8 Å². The molecule has 0 bridgehead atoms. The summed E-state index contributed by atoms with van der Waals surface area (Å²) in [6.07, 6.45) is -4.12. The highest BCUT2D eigenvalue weighted by molar-refractivity contribution is 7.10. The molecule has 1 aromatic carbocycles. The van der Waals surface area contributed by atoms with E-state index in [1.54, 1.807) is 11.3 Å². The number of benzene rings is 1. The predicted octanol–water partition coefficient (Wildman–Crippen LogP) is 5.03. The molecule has 0 saturated carbocycles. The lowest BCUT2D eigenvalue weighted by Crippen LogP contribution is -2.27. The van der Waals surface area contributed by atoms with Crippen LogP contribution in [0.25, 0.3) is 0 Å². The fourth-order valence-corrected chi connectivity index (χ4v) is 3.93. The molecule has 0 N–H and O–H groups in total. The maximum Gasteiger partial charge on any atom is 0.421 e. The lowest BCUT2D eigenvalue weighted by Gasteiger charge is -2.24. The molecule has 0 saturated heterocycles. The van der Waals surface area contributed by atoms with Crippen molar-refractivity contribution in [1.29, 1.82) is 0 Å². The SMILES string of the molecule is CN1CCc2sccc2C(Oc2cccc(Cl)c2C(F)(F)F)C1. The van der Waals surface area contributed by atoms with E-state index in [2.05, 4.69) is 4.90 Å². The summed E-state index contributed by atoms with van der Waals surface area (Å²) in [5.74, 6) is -0.220. The summed E-state index contributed by atoms with van der Waals surface area (Å²) < 4.78 is 45.6. The summed E-state index contributed by atoms with van der Waals surface area (Å²) in [4.78, 5) is 3.23. The summed E-state index contributed by atoms with van der Waals surface area (Å²) in [6, 6.07) is 5.96. The molecule has 3 rings (SSSR count). The average Bonchev–Trinajstić information content (AvgIpc) is 2.86. The first-order valence-corrected chi connectivity index (χ1v) is 8.39. The summed E-state index contributed by atoms with van der Waals surface area (Å²) in [5, 5.41) is 1.61. The van der Waals surface area contributed by atoms with Crippen LogP contribution in [0.4, 0.5) is 13.2 Å². The maximum absolute atomic E-state index is 13.3. The van der Waals surface area contributed by atoms with Crippen LogP contribution in [0.2, 0.25) is 5.02 Å². The number of hydrogen-bond donors (Lipinski definition) is 0. The molecule has 1 aromatic heterocycles. The summed E-state index contributed by atoms with van der Waals surface area (Å²) >= 11 is 7.38. The monoisotopic (exact) mass is 361 g/mol. The second kappa shape index (κ2) is 6.34. The van der Waals surface area contributed by atoms with Crippen molar-refractivity contribution in [3.8, 4) is 5.75 Å². The number of fused-ring (bicyclic) bond motifs is 1. The number of likely N-dealkylation sites (N-methyl/N-ethyl adjacent to an activating group) is 1. The molecule has 2 heterocycles. The van der Waals surface area contributed by atoms with Gasteiger partial charge in [0.1, 0.15) is 17.4 Å². The van der Waals surface area contributed by atoms with Gasteiger partial charge in [-0.15, -0.1) is 11.3 Å². The Morgan fingerprint density at radius 3 is 2.83 bits per heavy atom. The Labute approximate surface area is 141 Å². The Balaban J connectivity index is 1.98. The van der Waals surface area contributed by atoms with Gasteiger partial charge in [0.15, 0.2) is 0 Å². The maximum atomic E-state index is 13.3. The van der Waals surface area contributed by atoms with Crippen molar-refractivity contribution in [1.82, 2.24) is 4.90 Å². The summed E-state index contributed by atoms with van der Waals surface area (Å²) in [5.41, 5.74) is 0.0535. The predicted molar refractivity (Wildman–Crippen MR) is 85.3 cm³/mol. The number of nitrogens with zero attached hydrogens (tertiary/aromatic N) is 1. The minimum absolute atomic E-state index is 0.220. The highest BCUT2D eigenvalue weighted by Gasteiger charge is 2.38. The van der Waals surface area contributed by atoms with Crippen LogP contribution in [0.1, 0.15) is 22.1 Å². The Morgan fingerprint density at radius 1 is 1.30 bits per heavy atom. The Hall–Kier alpha value is -1.24. The van der Waals surface area contributed by atoms with Crippen LogP contribution in [-0.4, -0.2) is 25.0 Å². The average molecular weight is 362 g/mol. The van der Waals surface area contributed by atoms with Crippen LogP contribution in [0, 0.1) is 0 Å². The van der Waals surface area contributed by atoms with Crippen LogP contribution in [0.3, 0.4) is 0 Å². The van der Waals surface area contributed by atoms with Crippen LogP contribution in [0.15, 0.2) is 29.6 Å². The number of alkyl halides is 3. The van der Waals surface area contributed by atoms with Crippen molar-refractivity contribution in [2.24, 2.45) is 0 Å². The molecule has 0 radical (unpaired) electrons. The molecule has 23 heavy (non-hydrogen) atoms. The van der Waals surface area contributed by atoms with E-state index in [1.807, 2.05) is 18.5 Å². The van der Waals surface area contributed by atoms with Crippen LogP contribution < -0.4 is 4.74 Å². The van der Waals surface area contributed by atoms with Crippen LogP contribution >= 0.6 is 22.9 Å². The summed E-state index contributed by atoms with van der Waals surface area (Å²) in [7, 11) is 1.94. The zero-order valence-electron chi connectivity index (χ0n) is 12.4. The molecule has 1 atom stereocenters. The van der Waals surface area contributed by atoms with Gasteiger partial charge in [-0.25, -0.2) is 0 Å². The topological polar surface area (TPSA) is 12.5 Å². The third kappa shape index (κ3) is 3.49. The van der Waals surface area contributed by atoms with Gasteiger partial charge in [0.2, 0.25) is 0 Å². The van der Waals surface area contributed by atoms with E-state index in [0.717, 1.165) is 23.4 Å². The third-order valence-electron chi connectivity index (χ3n) is 3.85. The second-order valence-corrected chi connectivity index (χ2v) is 6.94. The third-order valence-corrected chi connectivity index (χ3v) is 5.16. The van der Waals surface area contributed by atoms with Gasteiger partial charge in [-0.1, -0.05) is 17.7 Å². The zero-order chi connectivity index (χ0) is 16.6. The van der Waals surface area contributed by atoms with Crippen molar-refractivity contribution < 1.29 is 17.9 Å². The van der Waals surface area contributed by atoms with Gasteiger partial charge in [-0.05, 0) is 37.0 Å². The fourth-order valence-electron chi connectivity index (χ4n) is 2.74. The number of ether oxygens (including phenoxy) is 1. The standard InChI is InChI=1S/C16H15ClF3NOS/c1-21-7-5-14-10(6-8-23-14)13(9-21)22-12-4-2-3-11(17)15(12)16(18,19)20/h2-4,6,8,13H,5,7,9H2,1H3. The molecule has 1 aliphatic rings. The smallest absolute Gasteiger partial charge is 0.421 e. The molecule has 0 fully saturated rings. The molecule has 2 aromatic rings. The molecule has 1 unspecified atom stereocenters.